The number of benzene rings is 1. The fraction of sp³-hybridized carbons (Fsp3) is 0.647. The minimum atomic E-state index is 0.197. The number of nitrogens with zero attached hydrogens (tertiary/aromatic N) is 2. The fourth-order valence-electron chi connectivity index (χ4n) is 3.76. The number of piperazine rings is 1. The average molecular weight is 273 g/mol. The molecule has 2 unspecified atom stereocenters. The second-order valence-electron chi connectivity index (χ2n) is 6.73. The highest BCUT2D eigenvalue weighted by Crippen LogP contribution is 2.33. The van der Waals surface area contributed by atoms with E-state index in [0.717, 1.165) is 12.3 Å². The molecule has 20 heavy (non-hydrogen) atoms. The molecule has 1 aromatic carbocycles. The zero-order chi connectivity index (χ0) is 14.1. The summed E-state index contributed by atoms with van der Waals surface area (Å²) in [6.45, 7) is 10.5. The second-order valence-corrected chi connectivity index (χ2v) is 6.73. The van der Waals surface area contributed by atoms with Crippen LogP contribution in [-0.4, -0.2) is 48.6 Å². The van der Waals surface area contributed by atoms with Crippen molar-refractivity contribution in [2.24, 2.45) is 11.7 Å². The largest absolute Gasteiger partial charge is 0.323 e. The van der Waals surface area contributed by atoms with E-state index in [1.54, 1.807) is 0 Å². The van der Waals surface area contributed by atoms with Gasteiger partial charge in [-0.15, -0.1) is 0 Å². The Hall–Kier alpha value is -0.900. The number of hydrogen-bond acceptors (Lipinski definition) is 3. The first-order valence-corrected chi connectivity index (χ1v) is 7.95. The second kappa shape index (κ2) is 5.84. The fourth-order valence-corrected chi connectivity index (χ4v) is 3.76. The topological polar surface area (TPSA) is 32.5 Å². The molecule has 1 aromatic rings. The molecule has 1 fully saturated rings. The van der Waals surface area contributed by atoms with Gasteiger partial charge in [0.2, 0.25) is 0 Å². The highest BCUT2D eigenvalue weighted by molar-refractivity contribution is 5.36. The maximum Gasteiger partial charge on any atom is 0.0459 e. The van der Waals surface area contributed by atoms with Gasteiger partial charge in [0.05, 0.1) is 0 Å². The molecule has 1 saturated heterocycles. The number of hydrogen-bond donors (Lipinski definition) is 1. The predicted octanol–water partition coefficient (Wildman–Crippen LogP) is 1.88. The van der Waals surface area contributed by atoms with Gasteiger partial charge >= 0.3 is 0 Å². The Bertz CT molecular complexity index is 449. The summed E-state index contributed by atoms with van der Waals surface area (Å²) >= 11 is 0. The number of fused-ring (bicyclic) bond motifs is 1. The van der Waals surface area contributed by atoms with Crippen molar-refractivity contribution in [2.45, 2.75) is 32.4 Å². The van der Waals surface area contributed by atoms with E-state index in [-0.39, 0.29) is 6.04 Å². The van der Waals surface area contributed by atoms with Crippen LogP contribution in [0.1, 0.15) is 31.0 Å². The first kappa shape index (κ1) is 14.1. The van der Waals surface area contributed by atoms with Gasteiger partial charge in [-0.3, -0.25) is 4.90 Å². The van der Waals surface area contributed by atoms with Crippen LogP contribution in [0.25, 0.3) is 0 Å². The maximum absolute atomic E-state index is 6.48. The van der Waals surface area contributed by atoms with Crippen LogP contribution in [0.2, 0.25) is 0 Å². The summed E-state index contributed by atoms with van der Waals surface area (Å²) in [6, 6.07) is 9.39. The Kier molecular flexibility index (Phi) is 4.11. The van der Waals surface area contributed by atoms with Crippen LogP contribution in [0.5, 0.6) is 0 Å². The minimum absolute atomic E-state index is 0.197. The molecule has 110 valence electrons. The molecule has 3 heteroatoms. The summed E-state index contributed by atoms with van der Waals surface area (Å²) < 4.78 is 0. The first-order valence-electron chi connectivity index (χ1n) is 7.95. The lowest BCUT2D eigenvalue weighted by molar-refractivity contribution is 0.0830. The summed E-state index contributed by atoms with van der Waals surface area (Å²) in [7, 11) is 0. The quantitative estimate of drug-likeness (QED) is 0.913. The molecule has 0 amide bonds. The lowest BCUT2D eigenvalue weighted by atomic mass is 10.1. The van der Waals surface area contributed by atoms with Gasteiger partial charge in [0.1, 0.15) is 0 Å². The zero-order valence-corrected chi connectivity index (χ0v) is 12.8. The van der Waals surface area contributed by atoms with Crippen molar-refractivity contribution in [3.8, 4) is 0 Å². The summed E-state index contributed by atoms with van der Waals surface area (Å²) in [4.78, 5) is 5.20. The van der Waals surface area contributed by atoms with Crippen LogP contribution in [0.4, 0.5) is 0 Å². The van der Waals surface area contributed by atoms with E-state index >= 15 is 0 Å². The number of nitrogens with two attached hydrogens (primary N) is 1. The van der Waals surface area contributed by atoms with E-state index in [4.69, 9.17) is 5.73 Å². The van der Waals surface area contributed by atoms with Gasteiger partial charge in [-0.2, -0.15) is 0 Å². The van der Waals surface area contributed by atoms with Crippen LogP contribution in [-0.2, 0) is 6.42 Å². The van der Waals surface area contributed by atoms with E-state index in [1.807, 2.05) is 0 Å². The van der Waals surface area contributed by atoms with Crippen LogP contribution in [0.15, 0.2) is 24.3 Å². The Morgan fingerprint density at radius 1 is 1.15 bits per heavy atom. The standard InChI is InChI=1S/C17H27N3/c1-13(2)12-19-7-9-20(10-8-19)16-11-14-5-3-4-6-15(14)17(16)18/h3-6,13,16-17H,7-12,18H2,1-2H3. The van der Waals surface area contributed by atoms with Crippen molar-refractivity contribution in [1.29, 1.82) is 0 Å². The van der Waals surface area contributed by atoms with E-state index in [1.165, 1.54) is 43.9 Å². The van der Waals surface area contributed by atoms with Crippen LogP contribution < -0.4 is 5.73 Å². The van der Waals surface area contributed by atoms with E-state index in [2.05, 4.69) is 47.9 Å². The van der Waals surface area contributed by atoms with Gasteiger partial charge in [0, 0.05) is 44.8 Å². The van der Waals surface area contributed by atoms with Crippen molar-refractivity contribution in [2.75, 3.05) is 32.7 Å². The smallest absolute Gasteiger partial charge is 0.0459 e. The molecule has 0 saturated carbocycles. The molecule has 2 aliphatic rings. The number of rotatable bonds is 3. The molecule has 0 radical (unpaired) electrons. The molecule has 0 aromatic heterocycles. The van der Waals surface area contributed by atoms with Crippen molar-refractivity contribution in [3.05, 3.63) is 35.4 Å². The molecular weight excluding hydrogens is 246 g/mol. The van der Waals surface area contributed by atoms with E-state index < -0.39 is 0 Å². The summed E-state index contributed by atoms with van der Waals surface area (Å²) in [5.74, 6) is 0.763. The summed E-state index contributed by atoms with van der Waals surface area (Å²) in [6.07, 6.45) is 1.13. The Labute approximate surface area is 122 Å². The van der Waals surface area contributed by atoms with Crippen molar-refractivity contribution in [3.63, 3.8) is 0 Å². The molecule has 0 spiro atoms. The third kappa shape index (κ3) is 2.76. The van der Waals surface area contributed by atoms with Gasteiger partial charge in [-0.25, -0.2) is 0 Å². The Morgan fingerprint density at radius 2 is 1.85 bits per heavy atom. The maximum atomic E-state index is 6.48. The lowest BCUT2D eigenvalue weighted by Crippen LogP contribution is -2.53. The first-order chi connectivity index (χ1) is 9.65. The van der Waals surface area contributed by atoms with Gasteiger partial charge in [0.15, 0.2) is 0 Å². The molecule has 0 bridgehead atoms. The van der Waals surface area contributed by atoms with Crippen LogP contribution in [0.3, 0.4) is 0 Å². The van der Waals surface area contributed by atoms with Crippen molar-refractivity contribution < 1.29 is 0 Å². The van der Waals surface area contributed by atoms with Gasteiger partial charge in [-0.05, 0) is 23.5 Å². The molecule has 3 rings (SSSR count). The highest BCUT2D eigenvalue weighted by atomic mass is 15.3. The highest BCUT2D eigenvalue weighted by Gasteiger charge is 2.34. The molecule has 3 nitrogen and oxygen atoms in total. The summed E-state index contributed by atoms with van der Waals surface area (Å²) in [5.41, 5.74) is 9.30. The van der Waals surface area contributed by atoms with Crippen LogP contribution >= 0.6 is 0 Å². The molecule has 1 heterocycles. The predicted molar refractivity (Wildman–Crippen MR) is 83.7 cm³/mol. The molecule has 1 aliphatic carbocycles. The normalized spacial score (nSPS) is 28.0. The minimum Gasteiger partial charge on any atom is -0.323 e. The molecule has 2 N–H and O–H groups in total. The van der Waals surface area contributed by atoms with Crippen molar-refractivity contribution >= 4 is 0 Å². The average Bonchev–Trinajstić information content (AvgIpc) is 2.77. The Morgan fingerprint density at radius 3 is 2.50 bits per heavy atom. The van der Waals surface area contributed by atoms with E-state index in [0.29, 0.717) is 6.04 Å². The lowest BCUT2D eigenvalue weighted by Gasteiger charge is -2.40. The van der Waals surface area contributed by atoms with E-state index in [9.17, 15) is 0 Å². The SMILES string of the molecule is CC(C)CN1CCN(C2Cc3ccccc3C2N)CC1. The Balaban J connectivity index is 1.60. The molecular formula is C17H27N3. The third-order valence-electron chi connectivity index (χ3n) is 4.76. The van der Waals surface area contributed by atoms with Crippen LogP contribution in [0, 0.1) is 5.92 Å². The van der Waals surface area contributed by atoms with Gasteiger partial charge in [0.25, 0.3) is 0 Å². The van der Waals surface area contributed by atoms with Crippen molar-refractivity contribution in [1.82, 2.24) is 9.80 Å². The molecule has 1 aliphatic heterocycles. The third-order valence-corrected chi connectivity index (χ3v) is 4.76. The van der Waals surface area contributed by atoms with Gasteiger partial charge < -0.3 is 10.6 Å². The summed E-state index contributed by atoms with van der Waals surface area (Å²) in [5, 5.41) is 0. The molecule has 2 atom stereocenters. The monoisotopic (exact) mass is 273 g/mol. The van der Waals surface area contributed by atoms with Gasteiger partial charge in [-0.1, -0.05) is 38.1 Å². The zero-order valence-electron chi connectivity index (χ0n) is 12.8.